The van der Waals surface area contributed by atoms with Crippen LogP contribution in [0.1, 0.15) is 29.7 Å². The minimum atomic E-state index is -0.826. The maximum atomic E-state index is 11.1. The molecule has 3 rings (SSSR count). The van der Waals surface area contributed by atoms with Crippen LogP contribution >= 0.6 is 11.3 Å². The van der Waals surface area contributed by atoms with Crippen LogP contribution in [0.4, 0.5) is 0 Å². The van der Waals surface area contributed by atoms with Crippen molar-refractivity contribution < 1.29 is 14.6 Å². The molecule has 0 radical (unpaired) electrons. The summed E-state index contributed by atoms with van der Waals surface area (Å²) < 4.78 is 5.81. The van der Waals surface area contributed by atoms with Crippen LogP contribution in [-0.2, 0) is 11.4 Å². The van der Waals surface area contributed by atoms with E-state index in [0.29, 0.717) is 12.4 Å². The topological polar surface area (TPSA) is 59.4 Å². The Balaban J connectivity index is 1.67. The fourth-order valence-corrected chi connectivity index (χ4v) is 3.41. The van der Waals surface area contributed by atoms with Gasteiger partial charge in [-0.25, -0.2) is 4.98 Å². The van der Waals surface area contributed by atoms with Crippen LogP contribution < -0.4 is 4.74 Å². The highest BCUT2D eigenvalue weighted by Gasteiger charge is 2.16. The molecule has 2 aromatic carbocycles. The van der Waals surface area contributed by atoms with Crippen LogP contribution in [0.2, 0.25) is 0 Å². The number of rotatable bonds is 6. The number of hydrogen-bond acceptors (Lipinski definition) is 4. The van der Waals surface area contributed by atoms with Gasteiger partial charge in [0, 0.05) is 10.9 Å². The number of carbonyl (C=O) groups is 1. The second kappa shape index (κ2) is 7.49. The van der Waals surface area contributed by atoms with Gasteiger partial charge in [-0.3, -0.25) is 4.79 Å². The Kier molecular flexibility index (Phi) is 5.14. The van der Waals surface area contributed by atoms with Crippen LogP contribution in [0.15, 0.2) is 53.9 Å². The highest BCUT2D eigenvalue weighted by molar-refractivity contribution is 7.13. The van der Waals surface area contributed by atoms with Gasteiger partial charge in [-0.15, -0.1) is 11.3 Å². The maximum absolute atomic E-state index is 11.1. The number of hydrogen-bond donors (Lipinski definition) is 1. The lowest BCUT2D eigenvalue weighted by Gasteiger charge is -2.12. The van der Waals surface area contributed by atoms with Crippen molar-refractivity contribution in [3.05, 3.63) is 70.7 Å². The molecule has 128 valence electrons. The van der Waals surface area contributed by atoms with Crippen molar-refractivity contribution in [2.45, 2.75) is 26.4 Å². The van der Waals surface area contributed by atoms with Gasteiger partial charge in [-0.05, 0) is 37.1 Å². The molecule has 0 fully saturated rings. The lowest BCUT2D eigenvalue weighted by molar-refractivity contribution is -0.138. The van der Waals surface area contributed by atoms with E-state index >= 15 is 0 Å². The fourth-order valence-electron chi connectivity index (χ4n) is 2.60. The van der Waals surface area contributed by atoms with Gasteiger partial charge in [-0.1, -0.05) is 36.4 Å². The lowest BCUT2D eigenvalue weighted by Crippen LogP contribution is -2.09. The molecule has 1 heterocycles. The molecule has 1 unspecified atom stereocenters. The predicted molar refractivity (Wildman–Crippen MR) is 99.1 cm³/mol. The zero-order chi connectivity index (χ0) is 17.8. The summed E-state index contributed by atoms with van der Waals surface area (Å²) in [7, 11) is 0. The zero-order valence-corrected chi connectivity index (χ0v) is 14.9. The van der Waals surface area contributed by atoms with Crippen molar-refractivity contribution in [3.63, 3.8) is 0 Å². The van der Waals surface area contributed by atoms with Gasteiger partial charge in [-0.2, -0.15) is 0 Å². The molecule has 0 bridgehead atoms. The Hall–Kier alpha value is -2.66. The second-order valence-electron chi connectivity index (χ2n) is 5.88. The van der Waals surface area contributed by atoms with Crippen LogP contribution in [0.5, 0.6) is 5.75 Å². The summed E-state index contributed by atoms with van der Waals surface area (Å²) in [5.74, 6) is -0.637. The molecule has 3 aromatic rings. The molecule has 0 spiro atoms. The number of carboxylic acids is 1. The summed E-state index contributed by atoms with van der Waals surface area (Å²) in [5.41, 5.74) is 3.70. The second-order valence-corrected chi connectivity index (χ2v) is 6.74. The van der Waals surface area contributed by atoms with Crippen molar-refractivity contribution in [2.24, 2.45) is 0 Å². The normalized spacial score (nSPS) is 11.9. The first kappa shape index (κ1) is 17.2. The number of carboxylic acid groups (broad SMARTS) is 1. The number of aliphatic carboxylic acids is 1. The summed E-state index contributed by atoms with van der Waals surface area (Å²) >= 11 is 1.59. The van der Waals surface area contributed by atoms with Crippen molar-refractivity contribution >= 4 is 17.3 Å². The van der Waals surface area contributed by atoms with Gasteiger partial charge in [0.2, 0.25) is 0 Å². The monoisotopic (exact) mass is 353 g/mol. The average Bonchev–Trinajstić information content (AvgIpc) is 3.09. The first-order valence-corrected chi connectivity index (χ1v) is 8.88. The number of ether oxygens (including phenoxy) is 1. The molecule has 1 atom stereocenters. The molecule has 5 heteroatoms. The minimum Gasteiger partial charge on any atom is -0.487 e. The van der Waals surface area contributed by atoms with E-state index in [1.807, 2.05) is 60.8 Å². The smallest absolute Gasteiger partial charge is 0.310 e. The van der Waals surface area contributed by atoms with E-state index in [9.17, 15) is 4.79 Å². The zero-order valence-electron chi connectivity index (χ0n) is 14.1. The summed E-state index contributed by atoms with van der Waals surface area (Å²) in [4.78, 5) is 15.7. The number of aryl methyl sites for hydroxylation is 1. The van der Waals surface area contributed by atoms with Crippen LogP contribution in [0.3, 0.4) is 0 Å². The molecule has 4 nitrogen and oxygen atoms in total. The van der Waals surface area contributed by atoms with Gasteiger partial charge in [0.25, 0.3) is 0 Å². The van der Waals surface area contributed by atoms with E-state index in [4.69, 9.17) is 9.84 Å². The Bertz CT molecular complexity index is 874. The third-order valence-electron chi connectivity index (χ3n) is 4.04. The minimum absolute atomic E-state index is 0.386. The van der Waals surface area contributed by atoms with E-state index in [-0.39, 0.29) is 0 Å². The van der Waals surface area contributed by atoms with Gasteiger partial charge in [0.15, 0.2) is 0 Å². The molecular weight excluding hydrogens is 334 g/mol. The molecule has 0 aliphatic rings. The van der Waals surface area contributed by atoms with E-state index in [2.05, 4.69) is 4.98 Å². The van der Waals surface area contributed by atoms with Crippen molar-refractivity contribution in [2.75, 3.05) is 0 Å². The number of benzene rings is 2. The van der Waals surface area contributed by atoms with Crippen molar-refractivity contribution in [1.29, 1.82) is 0 Å². The average molecular weight is 353 g/mol. The van der Waals surface area contributed by atoms with E-state index < -0.39 is 11.9 Å². The van der Waals surface area contributed by atoms with Gasteiger partial charge < -0.3 is 9.84 Å². The summed E-state index contributed by atoms with van der Waals surface area (Å²) in [6.07, 6.45) is 0. The van der Waals surface area contributed by atoms with Crippen molar-refractivity contribution in [3.8, 4) is 16.3 Å². The van der Waals surface area contributed by atoms with Crippen molar-refractivity contribution in [1.82, 2.24) is 4.98 Å². The predicted octanol–water partition coefficient (Wildman–Crippen LogP) is 4.89. The molecule has 1 N–H and O–H groups in total. The molecular formula is C20H19NO3S. The highest BCUT2D eigenvalue weighted by atomic mass is 32.1. The highest BCUT2D eigenvalue weighted by Crippen LogP contribution is 2.26. The molecule has 1 aromatic heterocycles. The molecule has 0 amide bonds. The van der Waals surface area contributed by atoms with Gasteiger partial charge >= 0.3 is 5.97 Å². The summed E-state index contributed by atoms with van der Waals surface area (Å²) in [6.45, 7) is 3.97. The maximum Gasteiger partial charge on any atom is 0.310 e. The molecule has 0 saturated carbocycles. The third-order valence-corrected chi connectivity index (χ3v) is 4.98. The first-order chi connectivity index (χ1) is 12.0. The van der Waals surface area contributed by atoms with Crippen LogP contribution in [-0.4, -0.2) is 16.1 Å². The number of aromatic nitrogens is 1. The van der Waals surface area contributed by atoms with E-state index in [1.165, 1.54) is 0 Å². The lowest BCUT2D eigenvalue weighted by atomic mass is 9.96. The van der Waals surface area contributed by atoms with E-state index in [1.54, 1.807) is 18.3 Å². The van der Waals surface area contributed by atoms with Gasteiger partial charge in [0.1, 0.15) is 17.4 Å². The fraction of sp³-hybridized carbons (Fsp3) is 0.200. The Morgan fingerprint density at radius 3 is 2.68 bits per heavy atom. The molecule has 25 heavy (non-hydrogen) atoms. The standard InChI is InChI=1S/C20H19NO3S/c1-13-10-17(8-9-18(13)14(2)20(22)23)24-11-16-12-25-19(21-16)15-6-4-3-5-7-15/h3-10,12,14H,11H2,1-2H3,(H,22,23). The Morgan fingerprint density at radius 2 is 2.00 bits per heavy atom. The summed E-state index contributed by atoms with van der Waals surface area (Å²) in [5, 5.41) is 12.1. The summed E-state index contributed by atoms with van der Waals surface area (Å²) in [6, 6.07) is 15.6. The van der Waals surface area contributed by atoms with E-state index in [0.717, 1.165) is 27.4 Å². The van der Waals surface area contributed by atoms with Crippen LogP contribution in [0.25, 0.3) is 10.6 Å². The molecule has 0 aliphatic carbocycles. The molecule has 0 saturated heterocycles. The number of thiazole rings is 1. The largest absolute Gasteiger partial charge is 0.487 e. The first-order valence-electron chi connectivity index (χ1n) is 8.00. The SMILES string of the molecule is Cc1cc(OCc2csc(-c3ccccc3)n2)ccc1C(C)C(=O)O. The van der Waals surface area contributed by atoms with Gasteiger partial charge in [0.05, 0.1) is 11.6 Å². The third kappa shape index (κ3) is 4.06. The Morgan fingerprint density at radius 1 is 1.24 bits per heavy atom. The van der Waals surface area contributed by atoms with Crippen LogP contribution in [0, 0.1) is 6.92 Å². The molecule has 0 aliphatic heterocycles. The quantitative estimate of drug-likeness (QED) is 0.686. The number of nitrogens with zero attached hydrogens (tertiary/aromatic N) is 1. The Labute approximate surface area is 150 Å².